The summed E-state index contributed by atoms with van der Waals surface area (Å²) in [6.45, 7) is 6.58. The fourth-order valence-corrected chi connectivity index (χ4v) is 8.63. The van der Waals surface area contributed by atoms with Crippen molar-refractivity contribution in [2.45, 2.75) is 309 Å². The molecule has 0 aromatic rings. The highest BCUT2D eigenvalue weighted by Crippen LogP contribution is 2.15. The number of allylic oxidation sites excluding steroid dienone is 14. The van der Waals surface area contributed by atoms with Crippen LogP contribution in [-0.4, -0.2) is 37.2 Å². The zero-order chi connectivity index (χ0) is 52.9. The molecule has 0 heterocycles. The van der Waals surface area contributed by atoms with Gasteiger partial charge in [0.25, 0.3) is 0 Å². The molecule has 0 aliphatic rings. The molecule has 0 fully saturated rings. The minimum Gasteiger partial charge on any atom is -0.462 e. The van der Waals surface area contributed by atoms with Crippen LogP contribution in [0, 0.1) is 0 Å². The largest absolute Gasteiger partial charge is 0.462 e. The third-order valence-electron chi connectivity index (χ3n) is 13.3. The van der Waals surface area contributed by atoms with Crippen LogP contribution in [0.4, 0.5) is 0 Å². The van der Waals surface area contributed by atoms with Crippen LogP contribution < -0.4 is 0 Å². The fourth-order valence-electron chi connectivity index (χ4n) is 8.63. The van der Waals surface area contributed by atoms with Crippen LogP contribution in [0.3, 0.4) is 0 Å². The first-order chi connectivity index (χ1) is 36.0. The van der Waals surface area contributed by atoms with Crippen LogP contribution in [0.1, 0.15) is 303 Å². The SMILES string of the molecule is CCCCC/C=C\C/C=C\C/C=C\CCCCCCCCC(=O)OCC(COC(=O)CCCCCCCCC/C=C\C/C=C\CCCCCC)OC(=O)CCCCCCCCC/C=C\C/C=C\CCCCCC. The van der Waals surface area contributed by atoms with Crippen molar-refractivity contribution in [2.24, 2.45) is 0 Å². The molecule has 0 aliphatic carbocycles. The zero-order valence-corrected chi connectivity index (χ0v) is 48.1. The molecular formula is C67H116O6. The van der Waals surface area contributed by atoms with Gasteiger partial charge in [0.2, 0.25) is 0 Å². The Morgan fingerprint density at radius 2 is 0.493 bits per heavy atom. The van der Waals surface area contributed by atoms with Crippen molar-refractivity contribution in [3.05, 3.63) is 85.1 Å². The van der Waals surface area contributed by atoms with E-state index in [0.29, 0.717) is 19.3 Å². The van der Waals surface area contributed by atoms with Gasteiger partial charge in [0.05, 0.1) is 0 Å². The van der Waals surface area contributed by atoms with Crippen molar-refractivity contribution in [2.75, 3.05) is 13.2 Å². The molecule has 6 heteroatoms. The third kappa shape index (κ3) is 59.3. The maximum atomic E-state index is 12.9. The molecule has 6 nitrogen and oxygen atoms in total. The molecule has 73 heavy (non-hydrogen) atoms. The Labute approximate surface area is 452 Å². The number of carbonyl (C=O) groups excluding carboxylic acids is 3. The van der Waals surface area contributed by atoms with Crippen molar-refractivity contribution >= 4 is 17.9 Å². The Morgan fingerprint density at radius 1 is 0.274 bits per heavy atom. The van der Waals surface area contributed by atoms with Gasteiger partial charge < -0.3 is 14.2 Å². The summed E-state index contributed by atoms with van der Waals surface area (Å²) in [5, 5.41) is 0. The number of rotatable bonds is 56. The van der Waals surface area contributed by atoms with Crippen LogP contribution in [0.25, 0.3) is 0 Å². The Morgan fingerprint density at radius 3 is 0.795 bits per heavy atom. The molecule has 0 bridgehead atoms. The first-order valence-electron chi connectivity index (χ1n) is 31.1. The van der Waals surface area contributed by atoms with E-state index in [-0.39, 0.29) is 31.1 Å². The summed E-state index contributed by atoms with van der Waals surface area (Å²) >= 11 is 0. The van der Waals surface area contributed by atoms with Crippen LogP contribution in [0.15, 0.2) is 85.1 Å². The molecule has 0 N–H and O–H groups in total. The maximum Gasteiger partial charge on any atom is 0.306 e. The summed E-state index contributed by atoms with van der Waals surface area (Å²) < 4.78 is 16.9. The molecule has 0 spiro atoms. The smallest absolute Gasteiger partial charge is 0.306 e. The van der Waals surface area contributed by atoms with Gasteiger partial charge in [-0.3, -0.25) is 14.4 Å². The lowest BCUT2D eigenvalue weighted by Gasteiger charge is -2.18. The van der Waals surface area contributed by atoms with E-state index in [9.17, 15) is 14.4 Å². The standard InChI is InChI=1S/C67H116O6/c1-4-7-10-13-16-19-22-25-28-31-34-37-39-42-45-48-51-54-57-60-66(69)72-63-64(73-67(70)61-58-55-52-49-46-43-40-36-33-30-27-24-21-18-15-12-9-6-3)62-71-65(68)59-56-53-50-47-44-41-38-35-32-29-26-23-20-17-14-11-8-5-2/h16,19-21,23-25,28-30,32-34,37,64H,4-15,17-18,22,26-27,31,35-36,38-63H2,1-3H3/b19-16-,23-20-,24-21-,28-25-,32-29-,33-30-,37-34-. The topological polar surface area (TPSA) is 78.9 Å². The molecule has 0 aromatic heterocycles. The first kappa shape index (κ1) is 69.6. The summed E-state index contributed by atoms with van der Waals surface area (Å²) in [5.74, 6) is -0.906. The summed E-state index contributed by atoms with van der Waals surface area (Å²) in [7, 11) is 0. The van der Waals surface area contributed by atoms with E-state index in [0.717, 1.165) is 103 Å². The Kier molecular flexibility index (Phi) is 58.3. The highest BCUT2D eigenvalue weighted by Gasteiger charge is 2.19. The highest BCUT2D eigenvalue weighted by molar-refractivity contribution is 5.71. The molecule has 0 radical (unpaired) electrons. The number of carbonyl (C=O) groups is 3. The summed E-state index contributed by atoms with van der Waals surface area (Å²) in [4.78, 5) is 38.3. The van der Waals surface area contributed by atoms with Gasteiger partial charge in [0, 0.05) is 19.3 Å². The van der Waals surface area contributed by atoms with Crippen molar-refractivity contribution in [1.82, 2.24) is 0 Å². The van der Waals surface area contributed by atoms with Gasteiger partial charge in [-0.25, -0.2) is 0 Å². The van der Waals surface area contributed by atoms with Gasteiger partial charge in [-0.2, -0.15) is 0 Å². The fraction of sp³-hybridized carbons (Fsp3) is 0.746. The number of hydrogen-bond acceptors (Lipinski definition) is 6. The second kappa shape index (κ2) is 61.1. The molecule has 420 valence electrons. The second-order valence-electron chi connectivity index (χ2n) is 20.6. The Bertz CT molecular complexity index is 1400. The lowest BCUT2D eigenvalue weighted by Crippen LogP contribution is -2.30. The minimum atomic E-state index is -0.792. The molecule has 1 atom stereocenters. The number of esters is 3. The Balaban J connectivity index is 4.44. The average molecular weight is 1020 g/mol. The molecule has 0 aliphatic heterocycles. The van der Waals surface area contributed by atoms with Crippen LogP contribution in [-0.2, 0) is 28.6 Å². The van der Waals surface area contributed by atoms with Gasteiger partial charge in [-0.15, -0.1) is 0 Å². The predicted molar refractivity (Wildman–Crippen MR) is 316 cm³/mol. The van der Waals surface area contributed by atoms with Gasteiger partial charge in [0.15, 0.2) is 6.10 Å². The van der Waals surface area contributed by atoms with E-state index in [1.165, 1.54) is 161 Å². The van der Waals surface area contributed by atoms with E-state index in [1.54, 1.807) is 0 Å². The van der Waals surface area contributed by atoms with Crippen molar-refractivity contribution in [3.8, 4) is 0 Å². The molecule has 0 saturated carbocycles. The average Bonchev–Trinajstić information content (AvgIpc) is 3.39. The predicted octanol–water partition coefficient (Wildman–Crippen LogP) is 21.1. The molecule has 0 saturated heterocycles. The van der Waals surface area contributed by atoms with E-state index in [1.807, 2.05) is 0 Å². The minimum absolute atomic E-state index is 0.0879. The molecule has 0 aromatic carbocycles. The quantitative estimate of drug-likeness (QED) is 0.0261. The van der Waals surface area contributed by atoms with Crippen LogP contribution in [0.5, 0.6) is 0 Å². The van der Waals surface area contributed by atoms with Gasteiger partial charge in [0.1, 0.15) is 13.2 Å². The first-order valence-corrected chi connectivity index (χ1v) is 31.1. The zero-order valence-electron chi connectivity index (χ0n) is 48.1. The van der Waals surface area contributed by atoms with Crippen LogP contribution in [0.2, 0.25) is 0 Å². The lowest BCUT2D eigenvalue weighted by atomic mass is 10.1. The number of unbranched alkanes of at least 4 members (excludes halogenated alkanes) is 31. The van der Waals surface area contributed by atoms with Gasteiger partial charge in [-0.05, 0) is 122 Å². The highest BCUT2D eigenvalue weighted by atomic mass is 16.6. The molecule has 0 amide bonds. The van der Waals surface area contributed by atoms with Gasteiger partial charge >= 0.3 is 17.9 Å². The molecule has 1 unspecified atom stereocenters. The van der Waals surface area contributed by atoms with E-state index in [4.69, 9.17) is 14.2 Å². The summed E-state index contributed by atoms with van der Waals surface area (Å²) in [5.41, 5.74) is 0. The number of ether oxygens (including phenoxy) is 3. The van der Waals surface area contributed by atoms with E-state index >= 15 is 0 Å². The van der Waals surface area contributed by atoms with E-state index in [2.05, 4.69) is 106 Å². The Hall–Kier alpha value is -3.41. The number of hydrogen-bond donors (Lipinski definition) is 0. The van der Waals surface area contributed by atoms with E-state index < -0.39 is 6.10 Å². The monoisotopic (exact) mass is 1020 g/mol. The van der Waals surface area contributed by atoms with Crippen molar-refractivity contribution < 1.29 is 28.6 Å². The van der Waals surface area contributed by atoms with Crippen molar-refractivity contribution in [1.29, 1.82) is 0 Å². The summed E-state index contributed by atoms with van der Waals surface area (Å²) in [6, 6.07) is 0. The third-order valence-corrected chi connectivity index (χ3v) is 13.3. The summed E-state index contributed by atoms with van der Waals surface area (Å²) in [6.07, 6.45) is 79.9. The second-order valence-corrected chi connectivity index (χ2v) is 20.6. The van der Waals surface area contributed by atoms with Crippen LogP contribution >= 0.6 is 0 Å². The molecular weight excluding hydrogens is 901 g/mol. The van der Waals surface area contributed by atoms with Gasteiger partial charge in [-0.1, -0.05) is 247 Å². The molecule has 0 rings (SSSR count). The van der Waals surface area contributed by atoms with Crippen molar-refractivity contribution in [3.63, 3.8) is 0 Å². The lowest BCUT2D eigenvalue weighted by molar-refractivity contribution is -0.167. The maximum absolute atomic E-state index is 12.9. The normalized spacial score (nSPS) is 12.6.